The Balaban J connectivity index is 2.13. The summed E-state index contributed by atoms with van der Waals surface area (Å²) in [5.41, 5.74) is 0.348. The van der Waals surface area contributed by atoms with E-state index in [0.717, 1.165) is 5.56 Å². The van der Waals surface area contributed by atoms with Crippen LogP contribution in [-0.2, 0) is 16.1 Å². The number of aliphatic carboxylic acids is 1. The summed E-state index contributed by atoms with van der Waals surface area (Å²) in [6.07, 6.45) is 1.09. The molecule has 0 aromatic heterocycles. The summed E-state index contributed by atoms with van der Waals surface area (Å²) in [4.78, 5) is 13.5. The molecule has 2 rings (SSSR count). The van der Waals surface area contributed by atoms with Crippen molar-refractivity contribution in [1.29, 1.82) is 0 Å². The van der Waals surface area contributed by atoms with Gasteiger partial charge in [-0.1, -0.05) is 30.3 Å². The Kier molecular flexibility index (Phi) is 3.99. The number of hydrogen-bond donors (Lipinski definition) is 1. The molecule has 1 heterocycles. The molecule has 0 amide bonds. The molecule has 0 bridgehead atoms. The van der Waals surface area contributed by atoms with Crippen molar-refractivity contribution < 1.29 is 14.6 Å². The third kappa shape index (κ3) is 2.54. The van der Waals surface area contributed by atoms with Crippen molar-refractivity contribution >= 4 is 5.97 Å². The average molecular weight is 249 g/mol. The van der Waals surface area contributed by atoms with Gasteiger partial charge in [0.2, 0.25) is 0 Å². The van der Waals surface area contributed by atoms with Gasteiger partial charge in [-0.25, -0.2) is 0 Å². The Morgan fingerprint density at radius 3 is 2.50 bits per heavy atom. The number of benzene rings is 1. The highest BCUT2D eigenvalue weighted by molar-refractivity contribution is 5.78. The lowest BCUT2D eigenvalue weighted by atomic mass is 9.88. The first-order valence-corrected chi connectivity index (χ1v) is 6.21. The summed E-state index contributed by atoms with van der Waals surface area (Å²) in [7, 11) is 1.88. The van der Waals surface area contributed by atoms with Crippen molar-refractivity contribution in [2.24, 2.45) is 0 Å². The molecule has 1 N–H and O–H groups in total. The predicted molar refractivity (Wildman–Crippen MR) is 68.3 cm³/mol. The zero-order chi connectivity index (χ0) is 13.0. The van der Waals surface area contributed by atoms with E-state index < -0.39 is 11.5 Å². The van der Waals surface area contributed by atoms with Crippen LogP contribution in [-0.4, -0.2) is 41.8 Å². The maximum Gasteiger partial charge on any atom is 0.324 e. The third-order valence-electron chi connectivity index (χ3n) is 3.71. The molecule has 1 aromatic carbocycles. The van der Waals surface area contributed by atoms with Crippen molar-refractivity contribution in [1.82, 2.24) is 4.90 Å². The van der Waals surface area contributed by atoms with E-state index in [1.165, 1.54) is 0 Å². The quantitative estimate of drug-likeness (QED) is 0.883. The minimum absolute atomic E-state index is 0.519. The molecule has 4 nitrogen and oxygen atoms in total. The Morgan fingerprint density at radius 1 is 1.33 bits per heavy atom. The van der Waals surface area contributed by atoms with E-state index in [1.54, 1.807) is 0 Å². The van der Waals surface area contributed by atoms with Gasteiger partial charge in [0, 0.05) is 19.8 Å². The maximum atomic E-state index is 11.6. The monoisotopic (exact) mass is 249 g/mol. The third-order valence-corrected chi connectivity index (χ3v) is 3.71. The second-order valence-corrected chi connectivity index (χ2v) is 4.79. The molecule has 1 aromatic rings. The summed E-state index contributed by atoms with van der Waals surface area (Å²) in [5.74, 6) is -0.746. The molecule has 0 spiro atoms. The minimum Gasteiger partial charge on any atom is -0.480 e. The topological polar surface area (TPSA) is 49.8 Å². The lowest BCUT2D eigenvalue weighted by Gasteiger charge is -2.40. The van der Waals surface area contributed by atoms with Gasteiger partial charge in [0.25, 0.3) is 0 Å². The van der Waals surface area contributed by atoms with E-state index in [1.807, 2.05) is 42.3 Å². The highest BCUT2D eigenvalue weighted by atomic mass is 16.5. The molecule has 98 valence electrons. The largest absolute Gasteiger partial charge is 0.480 e. The lowest BCUT2D eigenvalue weighted by Crippen LogP contribution is -2.55. The number of rotatable bonds is 4. The van der Waals surface area contributed by atoms with E-state index in [-0.39, 0.29) is 0 Å². The molecular weight excluding hydrogens is 230 g/mol. The Morgan fingerprint density at radius 2 is 1.94 bits per heavy atom. The maximum absolute atomic E-state index is 11.6. The van der Waals surface area contributed by atoms with E-state index in [2.05, 4.69) is 0 Å². The molecule has 0 saturated carbocycles. The number of ether oxygens (including phenoxy) is 1. The van der Waals surface area contributed by atoms with Crippen LogP contribution in [0.3, 0.4) is 0 Å². The Hall–Kier alpha value is -1.39. The minimum atomic E-state index is -0.784. The second kappa shape index (κ2) is 5.50. The molecule has 0 aliphatic carbocycles. The normalized spacial score (nSPS) is 18.8. The fourth-order valence-electron chi connectivity index (χ4n) is 2.48. The van der Waals surface area contributed by atoms with E-state index in [4.69, 9.17) is 4.74 Å². The standard InChI is InChI=1S/C14H19NO3/c1-15(11-12-5-3-2-4-6-12)14(13(16)17)7-9-18-10-8-14/h2-6H,7-11H2,1H3,(H,16,17). The van der Waals surface area contributed by atoms with Gasteiger partial charge in [0.1, 0.15) is 5.54 Å². The second-order valence-electron chi connectivity index (χ2n) is 4.79. The van der Waals surface area contributed by atoms with Crippen molar-refractivity contribution in [2.75, 3.05) is 20.3 Å². The van der Waals surface area contributed by atoms with Crippen molar-refractivity contribution in [3.8, 4) is 0 Å². The zero-order valence-electron chi connectivity index (χ0n) is 10.6. The van der Waals surface area contributed by atoms with Crippen LogP contribution in [0.15, 0.2) is 30.3 Å². The van der Waals surface area contributed by atoms with E-state index in [9.17, 15) is 9.90 Å². The first-order valence-electron chi connectivity index (χ1n) is 6.21. The van der Waals surface area contributed by atoms with Crippen LogP contribution in [0.2, 0.25) is 0 Å². The molecule has 4 heteroatoms. The number of carbonyl (C=O) groups is 1. The molecule has 0 unspecified atom stereocenters. The van der Waals surface area contributed by atoms with Gasteiger partial charge < -0.3 is 9.84 Å². The van der Waals surface area contributed by atoms with Crippen molar-refractivity contribution in [3.05, 3.63) is 35.9 Å². The van der Waals surface area contributed by atoms with Gasteiger partial charge in [-0.3, -0.25) is 9.69 Å². The SMILES string of the molecule is CN(Cc1ccccc1)C1(C(=O)O)CCOCC1. The molecule has 0 atom stereocenters. The first-order chi connectivity index (χ1) is 8.65. The number of carboxylic acids is 1. The van der Waals surface area contributed by atoms with Crippen molar-refractivity contribution in [3.63, 3.8) is 0 Å². The highest BCUT2D eigenvalue weighted by Gasteiger charge is 2.43. The summed E-state index contributed by atoms with van der Waals surface area (Å²) in [6.45, 7) is 1.68. The van der Waals surface area contributed by atoms with E-state index in [0.29, 0.717) is 32.6 Å². The van der Waals surface area contributed by atoms with Crippen LogP contribution < -0.4 is 0 Å². The number of nitrogens with zero attached hydrogens (tertiary/aromatic N) is 1. The van der Waals surface area contributed by atoms with Crippen molar-refractivity contribution in [2.45, 2.75) is 24.9 Å². The van der Waals surface area contributed by atoms with Crippen LogP contribution >= 0.6 is 0 Å². The lowest BCUT2D eigenvalue weighted by molar-refractivity contribution is -0.158. The van der Waals surface area contributed by atoms with Gasteiger partial charge >= 0.3 is 5.97 Å². The van der Waals surface area contributed by atoms with Crippen LogP contribution in [0.25, 0.3) is 0 Å². The van der Waals surface area contributed by atoms with Crippen LogP contribution in [0.5, 0.6) is 0 Å². The highest BCUT2D eigenvalue weighted by Crippen LogP contribution is 2.28. The number of carboxylic acid groups (broad SMARTS) is 1. The molecule has 1 saturated heterocycles. The van der Waals surface area contributed by atoms with Gasteiger partial charge in [-0.05, 0) is 25.5 Å². The fraction of sp³-hybridized carbons (Fsp3) is 0.500. The molecule has 18 heavy (non-hydrogen) atoms. The smallest absolute Gasteiger partial charge is 0.324 e. The van der Waals surface area contributed by atoms with Gasteiger partial charge in [0.05, 0.1) is 0 Å². The predicted octanol–water partition coefficient (Wildman–Crippen LogP) is 1.75. The molecule has 1 aliphatic heterocycles. The van der Waals surface area contributed by atoms with E-state index >= 15 is 0 Å². The zero-order valence-corrected chi connectivity index (χ0v) is 10.6. The summed E-state index contributed by atoms with van der Waals surface area (Å²) in [5, 5.41) is 9.54. The summed E-state index contributed by atoms with van der Waals surface area (Å²) >= 11 is 0. The summed E-state index contributed by atoms with van der Waals surface area (Å²) in [6, 6.07) is 9.95. The van der Waals surface area contributed by atoms with Gasteiger partial charge in [0.15, 0.2) is 0 Å². The van der Waals surface area contributed by atoms with Crippen LogP contribution in [0.1, 0.15) is 18.4 Å². The molecular formula is C14H19NO3. The van der Waals surface area contributed by atoms with Crippen LogP contribution in [0.4, 0.5) is 0 Å². The molecule has 1 aliphatic rings. The average Bonchev–Trinajstić information content (AvgIpc) is 2.40. The Labute approximate surface area is 107 Å². The van der Waals surface area contributed by atoms with Gasteiger partial charge in [-0.15, -0.1) is 0 Å². The summed E-state index contributed by atoms with van der Waals surface area (Å²) < 4.78 is 5.29. The molecule has 0 radical (unpaired) electrons. The first kappa shape index (κ1) is 13.1. The van der Waals surface area contributed by atoms with Gasteiger partial charge in [-0.2, -0.15) is 0 Å². The Bertz CT molecular complexity index is 399. The van der Waals surface area contributed by atoms with Crippen LogP contribution in [0, 0.1) is 0 Å². The fourth-order valence-corrected chi connectivity index (χ4v) is 2.48. The number of likely N-dealkylation sites (N-methyl/N-ethyl adjacent to an activating group) is 1. The molecule has 1 fully saturated rings. The number of hydrogen-bond acceptors (Lipinski definition) is 3.